The topological polar surface area (TPSA) is 75.4 Å². The molecule has 1 fully saturated rings. The molecule has 2 unspecified atom stereocenters. The lowest BCUT2D eigenvalue weighted by atomic mass is 9.87. The highest BCUT2D eigenvalue weighted by molar-refractivity contribution is 7.98. The van der Waals surface area contributed by atoms with Crippen molar-refractivity contribution >= 4 is 47.4 Å². The lowest BCUT2D eigenvalue weighted by Crippen LogP contribution is -2.36. The number of hydrogen-bond acceptors (Lipinski definition) is 4. The van der Waals surface area contributed by atoms with Crippen molar-refractivity contribution in [3.63, 3.8) is 0 Å². The summed E-state index contributed by atoms with van der Waals surface area (Å²) in [5.74, 6) is -0.341. The minimum absolute atomic E-state index is 0. The van der Waals surface area contributed by atoms with Gasteiger partial charge in [0.2, 0.25) is 11.8 Å². The molecule has 1 aliphatic heterocycles. The minimum Gasteiger partial charge on any atom is -0.399 e. The number of fused-ring (bicyclic) bond motifs is 1. The first kappa shape index (κ1) is 21.5. The van der Waals surface area contributed by atoms with Crippen LogP contribution in [0.5, 0.6) is 0 Å². The van der Waals surface area contributed by atoms with Crippen LogP contribution in [-0.4, -0.2) is 24.6 Å². The number of thioether (sulfide) groups is 1. The van der Waals surface area contributed by atoms with Gasteiger partial charge in [-0.1, -0.05) is 6.07 Å². The standard InChI is InChI=1S/C22H25N3O2S.ClH/c1-28-18-8-6-17(7-9-18)25-13-15(12-21(25)26)22(27)24-20-4-2-3-14-11-16(23)5-10-19(14)20;/h5-11,15,20H,2-4,12-13,23H2,1H3,(H,24,27);1H. The first-order chi connectivity index (χ1) is 13.5. The number of amides is 2. The molecule has 0 radical (unpaired) electrons. The molecule has 0 aromatic heterocycles. The van der Waals surface area contributed by atoms with Gasteiger partial charge in [-0.15, -0.1) is 24.2 Å². The molecule has 0 saturated carbocycles. The summed E-state index contributed by atoms with van der Waals surface area (Å²) in [4.78, 5) is 28.3. The van der Waals surface area contributed by atoms with E-state index in [1.165, 1.54) is 5.56 Å². The molecule has 7 heteroatoms. The fraction of sp³-hybridized carbons (Fsp3) is 0.364. The second-order valence-electron chi connectivity index (χ2n) is 7.52. The largest absolute Gasteiger partial charge is 0.399 e. The molecule has 2 aromatic rings. The third kappa shape index (κ3) is 4.54. The van der Waals surface area contributed by atoms with E-state index in [4.69, 9.17) is 5.73 Å². The SMILES string of the molecule is CSc1ccc(N2CC(C(=O)NC3CCCc4cc(N)ccc43)CC2=O)cc1.Cl. The highest BCUT2D eigenvalue weighted by Crippen LogP contribution is 2.32. The maximum atomic E-state index is 12.9. The highest BCUT2D eigenvalue weighted by Gasteiger charge is 2.36. The number of nitrogens with zero attached hydrogens (tertiary/aromatic N) is 1. The molecule has 0 bridgehead atoms. The molecule has 154 valence electrons. The average Bonchev–Trinajstić information content (AvgIpc) is 3.10. The second kappa shape index (κ2) is 9.09. The van der Waals surface area contributed by atoms with Crippen molar-refractivity contribution in [2.24, 2.45) is 5.92 Å². The maximum absolute atomic E-state index is 12.9. The number of carbonyl (C=O) groups is 2. The van der Waals surface area contributed by atoms with E-state index in [9.17, 15) is 9.59 Å². The number of rotatable bonds is 4. The number of aryl methyl sites for hydroxylation is 1. The monoisotopic (exact) mass is 431 g/mol. The van der Waals surface area contributed by atoms with Crippen LogP contribution in [0.15, 0.2) is 47.4 Å². The van der Waals surface area contributed by atoms with Crippen molar-refractivity contribution in [1.29, 1.82) is 0 Å². The Morgan fingerprint density at radius 1 is 1.21 bits per heavy atom. The Kier molecular flexibility index (Phi) is 6.75. The van der Waals surface area contributed by atoms with Crippen LogP contribution in [0.4, 0.5) is 11.4 Å². The van der Waals surface area contributed by atoms with Gasteiger partial charge in [-0.25, -0.2) is 0 Å². The van der Waals surface area contributed by atoms with Crippen molar-refractivity contribution in [1.82, 2.24) is 5.32 Å². The normalized spacial score (nSPS) is 20.7. The summed E-state index contributed by atoms with van der Waals surface area (Å²) in [5, 5.41) is 3.19. The van der Waals surface area contributed by atoms with E-state index in [0.29, 0.717) is 6.54 Å². The van der Waals surface area contributed by atoms with Crippen LogP contribution in [-0.2, 0) is 16.0 Å². The van der Waals surface area contributed by atoms with Gasteiger partial charge in [0.25, 0.3) is 0 Å². The average molecular weight is 432 g/mol. The van der Waals surface area contributed by atoms with Gasteiger partial charge in [0.15, 0.2) is 0 Å². The van der Waals surface area contributed by atoms with E-state index in [2.05, 4.69) is 5.32 Å². The van der Waals surface area contributed by atoms with Crippen molar-refractivity contribution < 1.29 is 9.59 Å². The molecule has 3 N–H and O–H groups in total. The van der Waals surface area contributed by atoms with Gasteiger partial charge in [-0.3, -0.25) is 9.59 Å². The Labute approximate surface area is 181 Å². The number of hydrogen-bond donors (Lipinski definition) is 2. The predicted octanol–water partition coefficient (Wildman–Crippen LogP) is 3.96. The molecule has 2 aliphatic rings. The van der Waals surface area contributed by atoms with Crippen LogP contribution in [0.2, 0.25) is 0 Å². The van der Waals surface area contributed by atoms with Gasteiger partial charge < -0.3 is 16.0 Å². The first-order valence-corrected chi connectivity index (χ1v) is 10.9. The Bertz CT molecular complexity index is 903. The maximum Gasteiger partial charge on any atom is 0.227 e. The molecule has 1 aliphatic carbocycles. The van der Waals surface area contributed by atoms with Gasteiger partial charge in [0.05, 0.1) is 12.0 Å². The lowest BCUT2D eigenvalue weighted by molar-refractivity contribution is -0.127. The molecule has 2 amide bonds. The van der Waals surface area contributed by atoms with Crippen LogP contribution in [0.25, 0.3) is 0 Å². The van der Waals surface area contributed by atoms with Gasteiger partial charge in [-0.05, 0) is 73.0 Å². The number of nitrogens with one attached hydrogen (secondary N) is 1. The van der Waals surface area contributed by atoms with Gasteiger partial charge in [0, 0.05) is 29.2 Å². The van der Waals surface area contributed by atoms with E-state index >= 15 is 0 Å². The van der Waals surface area contributed by atoms with Crippen LogP contribution >= 0.6 is 24.2 Å². The number of anilines is 2. The zero-order chi connectivity index (χ0) is 19.7. The van der Waals surface area contributed by atoms with Crippen molar-refractivity contribution in [3.05, 3.63) is 53.6 Å². The fourth-order valence-electron chi connectivity index (χ4n) is 4.17. The summed E-state index contributed by atoms with van der Waals surface area (Å²) in [6.45, 7) is 0.435. The summed E-state index contributed by atoms with van der Waals surface area (Å²) < 4.78 is 0. The third-order valence-electron chi connectivity index (χ3n) is 5.68. The first-order valence-electron chi connectivity index (χ1n) is 9.68. The highest BCUT2D eigenvalue weighted by atomic mass is 35.5. The van der Waals surface area contributed by atoms with Crippen molar-refractivity contribution in [2.45, 2.75) is 36.6 Å². The van der Waals surface area contributed by atoms with E-state index < -0.39 is 0 Å². The summed E-state index contributed by atoms with van der Waals surface area (Å²) in [5.41, 5.74) is 9.89. The number of carbonyl (C=O) groups excluding carboxylic acids is 2. The molecule has 2 aromatic carbocycles. The molecule has 1 saturated heterocycles. The third-order valence-corrected chi connectivity index (χ3v) is 6.42. The quantitative estimate of drug-likeness (QED) is 0.567. The Morgan fingerprint density at radius 2 is 1.97 bits per heavy atom. The van der Waals surface area contributed by atoms with Crippen LogP contribution < -0.4 is 16.0 Å². The van der Waals surface area contributed by atoms with E-state index in [1.807, 2.05) is 48.7 Å². The number of nitrogens with two attached hydrogens (primary N) is 1. The molecular weight excluding hydrogens is 406 g/mol. The van der Waals surface area contributed by atoms with E-state index in [0.717, 1.165) is 41.1 Å². The van der Waals surface area contributed by atoms with Crippen LogP contribution in [0.3, 0.4) is 0 Å². The predicted molar refractivity (Wildman–Crippen MR) is 121 cm³/mol. The number of nitrogen functional groups attached to an aromatic ring is 1. The van der Waals surface area contributed by atoms with E-state index in [1.54, 1.807) is 16.7 Å². The molecule has 29 heavy (non-hydrogen) atoms. The zero-order valence-corrected chi connectivity index (χ0v) is 18.0. The van der Waals surface area contributed by atoms with Gasteiger partial charge in [0.1, 0.15) is 0 Å². The minimum atomic E-state index is -0.313. The smallest absolute Gasteiger partial charge is 0.227 e. The molecule has 5 nitrogen and oxygen atoms in total. The second-order valence-corrected chi connectivity index (χ2v) is 8.39. The lowest BCUT2D eigenvalue weighted by Gasteiger charge is -2.27. The summed E-state index contributed by atoms with van der Waals surface area (Å²) in [6, 6.07) is 13.8. The Morgan fingerprint density at radius 3 is 2.69 bits per heavy atom. The van der Waals surface area contributed by atoms with E-state index in [-0.39, 0.29) is 42.6 Å². The Hall–Kier alpha value is -2.18. The van der Waals surface area contributed by atoms with Crippen LogP contribution in [0.1, 0.15) is 36.4 Å². The molecule has 4 rings (SSSR count). The van der Waals surface area contributed by atoms with Crippen LogP contribution in [0, 0.1) is 5.92 Å². The number of halogens is 1. The molecular formula is C22H26ClN3O2S. The van der Waals surface area contributed by atoms with Gasteiger partial charge in [-0.2, -0.15) is 0 Å². The zero-order valence-electron chi connectivity index (χ0n) is 16.4. The molecule has 0 spiro atoms. The summed E-state index contributed by atoms with van der Waals surface area (Å²) in [7, 11) is 0. The summed E-state index contributed by atoms with van der Waals surface area (Å²) >= 11 is 1.67. The number of benzene rings is 2. The Balaban J connectivity index is 0.00000240. The molecule has 2 atom stereocenters. The van der Waals surface area contributed by atoms with Gasteiger partial charge >= 0.3 is 0 Å². The fourth-order valence-corrected chi connectivity index (χ4v) is 4.58. The molecule has 1 heterocycles. The van der Waals surface area contributed by atoms with Crippen molar-refractivity contribution in [3.8, 4) is 0 Å². The van der Waals surface area contributed by atoms with Crippen molar-refractivity contribution in [2.75, 3.05) is 23.4 Å². The summed E-state index contributed by atoms with van der Waals surface area (Å²) in [6.07, 6.45) is 5.22.